The number of benzene rings is 2. The number of aromatic nitrogens is 2. The predicted molar refractivity (Wildman–Crippen MR) is 104 cm³/mol. The van der Waals surface area contributed by atoms with Crippen molar-refractivity contribution in [3.8, 4) is 11.5 Å². The van der Waals surface area contributed by atoms with E-state index in [1.807, 2.05) is 49.4 Å². The maximum absolute atomic E-state index is 12.8. The van der Waals surface area contributed by atoms with E-state index in [-0.39, 0.29) is 0 Å². The summed E-state index contributed by atoms with van der Waals surface area (Å²) >= 11 is 0. The average molecular weight is 399 g/mol. The normalized spacial score (nSPS) is 16.3. The van der Waals surface area contributed by atoms with E-state index in [1.54, 1.807) is 16.4 Å². The summed E-state index contributed by atoms with van der Waals surface area (Å²) in [5, 5.41) is 8.26. The van der Waals surface area contributed by atoms with Gasteiger partial charge in [0, 0.05) is 5.56 Å². The van der Waals surface area contributed by atoms with Crippen molar-refractivity contribution < 1.29 is 17.7 Å². The molecule has 4 rings (SSSR count). The average Bonchev–Trinajstić information content (AvgIpc) is 3.18. The van der Waals surface area contributed by atoms with E-state index in [0.717, 1.165) is 11.1 Å². The molecule has 0 amide bonds. The fourth-order valence-electron chi connectivity index (χ4n) is 3.32. The first-order valence-corrected chi connectivity index (χ1v) is 10.7. The second-order valence-electron chi connectivity index (χ2n) is 7.01. The third kappa shape index (κ3) is 3.99. The van der Waals surface area contributed by atoms with Crippen molar-refractivity contribution in [1.82, 2.24) is 14.5 Å². The van der Waals surface area contributed by atoms with Crippen LogP contribution in [0.15, 0.2) is 63.9 Å². The van der Waals surface area contributed by atoms with Gasteiger partial charge in [0.15, 0.2) is 6.54 Å². The molecule has 0 radical (unpaired) electrons. The molecular formula is C20H23N4O3S+. The van der Waals surface area contributed by atoms with Crippen LogP contribution in [-0.2, 0) is 16.6 Å². The van der Waals surface area contributed by atoms with Crippen molar-refractivity contribution in [3.63, 3.8) is 0 Å². The van der Waals surface area contributed by atoms with Crippen LogP contribution in [0.1, 0.15) is 11.5 Å². The molecule has 1 N–H and O–H groups in total. The van der Waals surface area contributed by atoms with Crippen LogP contribution in [0.2, 0.25) is 0 Å². The van der Waals surface area contributed by atoms with Gasteiger partial charge in [-0.05, 0) is 31.2 Å². The first kappa shape index (κ1) is 18.8. The van der Waals surface area contributed by atoms with Crippen molar-refractivity contribution in [2.75, 3.05) is 26.2 Å². The highest BCUT2D eigenvalue weighted by atomic mass is 32.2. The van der Waals surface area contributed by atoms with Crippen molar-refractivity contribution in [3.05, 3.63) is 66.1 Å². The Hall–Kier alpha value is -2.55. The Bertz CT molecular complexity index is 1020. The minimum Gasteiger partial charge on any atom is -0.415 e. The number of nitrogens with one attached hydrogen (secondary N) is 1. The number of hydrogen-bond donors (Lipinski definition) is 1. The van der Waals surface area contributed by atoms with Gasteiger partial charge in [-0.1, -0.05) is 35.9 Å². The lowest BCUT2D eigenvalue weighted by Gasteiger charge is -2.30. The standard InChI is InChI=1S/C20H22N4O3S/c1-16-7-9-18(10-8-16)28(25,26)24-13-11-23(12-14-24)15-19-21-22-20(27-19)17-5-3-2-4-6-17/h2-10H,11-15H2,1H3/p+1. The van der Waals surface area contributed by atoms with Crippen LogP contribution in [0.25, 0.3) is 11.5 Å². The van der Waals surface area contributed by atoms with Gasteiger partial charge in [-0.25, -0.2) is 8.42 Å². The number of rotatable bonds is 5. The Kier molecular flexibility index (Phi) is 5.25. The van der Waals surface area contributed by atoms with Crippen LogP contribution in [0.3, 0.4) is 0 Å². The predicted octanol–water partition coefficient (Wildman–Crippen LogP) is 1.13. The summed E-state index contributed by atoms with van der Waals surface area (Å²) in [6.07, 6.45) is 0. The van der Waals surface area contributed by atoms with Gasteiger partial charge < -0.3 is 9.32 Å². The first-order chi connectivity index (χ1) is 13.5. The SMILES string of the molecule is Cc1ccc(S(=O)(=O)N2CC[NH+](Cc3nnc(-c4ccccc4)o3)CC2)cc1. The molecule has 0 atom stereocenters. The van der Waals surface area contributed by atoms with Gasteiger partial charge in [0.2, 0.25) is 15.9 Å². The van der Waals surface area contributed by atoms with Gasteiger partial charge in [0.25, 0.3) is 5.89 Å². The van der Waals surface area contributed by atoms with E-state index in [0.29, 0.717) is 49.4 Å². The fraction of sp³-hybridized carbons (Fsp3) is 0.300. The molecule has 7 nitrogen and oxygen atoms in total. The summed E-state index contributed by atoms with van der Waals surface area (Å²) < 4.78 is 32.9. The van der Waals surface area contributed by atoms with E-state index in [2.05, 4.69) is 10.2 Å². The number of quaternary nitrogens is 1. The molecule has 0 spiro atoms. The summed E-state index contributed by atoms with van der Waals surface area (Å²) in [5.41, 5.74) is 1.94. The molecule has 0 aliphatic carbocycles. The largest absolute Gasteiger partial charge is 0.415 e. The molecule has 1 saturated heterocycles. The van der Waals surface area contributed by atoms with Crippen molar-refractivity contribution >= 4 is 10.0 Å². The number of hydrogen-bond acceptors (Lipinski definition) is 5. The van der Waals surface area contributed by atoms with Crippen LogP contribution >= 0.6 is 0 Å². The van der Waals surface area contributed by atoms with Gasteiger partial charge in [-0.15, -0.1) is 10.2 Å². The minimum atomic E-state index is -3.44. The molecule has 1 fully saturated rings. The van der Waals surface area contributed by atoms with Gasteiger partial charge in [0.05, 0.1) is 31.1 Å². The van der Waals surface area contributed by atoms with Crippen LogP contribution < -0.4 is 4.90 Å². The third-order valence-corrected chi connectivity index (χ3v) is 6.89. The molecule has 2 heterocycles. The molecule has 146 valence electrons. The van der Waals surface area contributed by atoms with Crippen molar-refractivity contribution in [2.45, 2.75) is 18.4 Å². The molecule has 0 unspecified atom stereocenters. The number of aryl methyl sites for hydroxylation is 1. The lowest BCUT2D eigenvalue weighted by molar-refractivity contribution is -0.918. The van der Waals surface area contributed by atoms with Gasteiger partial charge in [0.1, 0.15) is 0 Å². The monoisotopic (exact) mass is 399 g/mol. The zero-order chi connectivity index (χ0) is 19.6. The van der Waals surface area contributed by atoms with Crippen molar-refractivity contribution in [2.24, 2.45) is 0 Å². The number of nitrogens with zero attached hydrogens (tertiary/aromatic N) is 3. The minimum absolute atomic E-state index is 0.353. The van der Waals surface area contributed by atoms with Gasteiger partial charge in [-0.2, -0.15) is 4.31 Å². The molecule has 1 aliphatic rings. The van der Waals surface area contributed by atoms with E-state index < -0.39 is 10.0 Å². The quantitative estimate of drug-likeness (QED) is 0.696. The Balaban J connectivity index is 1.37. The smallest absolute Gasteiger partial charge is 0.271 e. The summed E-state index contributed by atoms with van der Waals surface area (Å²) in [6, 6.07) is 16.7. The first-order valence-electron chi connectivity index (χ1n) is 9.30. The topological polar surface area (TPSA) is 80.7 Å². The highest BCUT2D eigenvalue weighted by Gasteiger charge is 2.31. The maximum Gasteiger partial charge on any atom is 0.271 e. The zero-order valence-electron chi connectivity index (χ0n) is 15.7. The summed E-state index contributed by atoms with van der Waals surface area (Å²) in [5.74, 6) is 1.08. The highest BCUT2D eigenvalue weighted by Crippen LogP contribution is 2.17. The summed E-state index contributed by atoms with van der Waals surface area (Å²) in [6.45, 7) is 4.90. The molecule has 3 aromatic rings. The molecule has 0 saturated carbocycles. The Labute approximate surface area is 164 Å². The van der Waals surface area contributed by atoms with Crippen LogP contribution in [0.4, 0.5) is 0 Å². The summed E-state index contributed by atoms with van der Waals surface area (Å²) in [7, 11) is -3.44. The Morgan fingerprint density at radius 1 is 1.00 bits per heavy atom. The lowest BCUT2D eigenvalue weighted by atomic mass is 10.2. The maximum atomic E-state index is 12.8. The van der Waals surface area contributed by atoms with Crippen LogP contribution in [0.5, 0.6) is 0 Å². The van der Waals surface area contributed by atoms with Crippen molar-refractivity contribution in [1.29, 1.82) is 0 Å². The number of piperazine rings is 1. The van der Waals surface area contributed by atoms with Crippen LogP contribution in [-0.4, -0.2) is 49.1 Å². The molecule has 2 aromatic carbocycles. The highest BCUT2D eigenvalue weighted by molar-refractivity contribution is 7.89. The molecule has 1 aliphatic heterocycles. The lowest BCUT2D eigenvalue weighted by Crippen LogP contribution is -3.13. The van der Waals surface area contributed by atoms with Crippen LogP contribution in [0, 0.1) is 6.92 Å². The Morgan fingerprint density at radius 2 is 1.68 bits per heavy atom. The van der Waals surface area contributed by atoms with Gasteiger partial charge >= 0.3 is 0 Å². The summed E-state index contributed by atoms with van der Waals surface area (Å²) in [4.78, 5) is 1.59. The third-order valence-electron chi connectivity index (χ3n) is 4.98. The molecule has 0 bridgehead atoms. The second-order valence-corrected chi connectivity index (χ2v) is 8.95. The Morgan fingerprint density at radius 3 is 2.36 bits per heavy atom. The molecular weight excluding hydrogens is 376 g/mol. The second kappa shape index (κ2) is 7.83. The van der Waals surface area contributed by atoms with E-state index in [9.17, 15) is 8.42 Å². The fourth-order valence-corrected chi connectivity index (χ4v) is 4.76. The zero-order valence-corrected chi connectivity index (χ0v) is 16.5. The van der Waals surface area contributed by atoms with E-state index >= 15 is 0 Å². The number of sulfonamides is 1. The van der Waals surface area contributed by atoms with E-state index in [4.69, 9.17) is 4.42 Å². The molecule has 28 heavy (non-hydrogen) atoms. The molecule has 8 heteroatoms. The molecule has 1 aromatic heterocycles. The van der Waals surface area contributed by atoms with E-state index in [1.165, 1.54) is 4.90 Å². The van der Waals surface area contributed by atoms with Gasteiger partial charge in [-0.3, -0.25) is 0 Å².